The van der Waals surface area contributed by atoms with Gasteiger partial charge in [0.15, 0.2) is 9.84 Å². The van der Waals surface area contributed by atoms with Gasteiger partial charge in [-0.3, -0.25) is 9.59 Å². The van der Waals surface area contributed by atoms with E-state index in [-0.39, 0.29) is 29.2 Å². The van der Waals surface area contributed by atoms with Crippen molar-refractivity contribution in [3.8, 4) is 0 Å². The SMILES string of the molecule is CC(C)CC(=O)N1CCN(C(=O)c2ccc(Cl)cc2)[C@@H]2CS(=O)(=O)C[C@@H]21. The summed E-state index contributed by atoms with van der Waals surface area (Å²) in [7, 11) is -3.29. The maximum absolute atomic E-state index is 12.9. The van der Waals surface area contributed by atoms with E-state index in [9.17, 15) is 18.0 Å². The monoisotopic (exact) mass is 398 g/mol. The van der Waals surface area contributed by atoms with Crippen LogP contribution >= 0.6 is 11.6 Å². The van der Waals surface area contributed by atoms with Crippen molar-refractivity contribution in [2.45, 2.75) is 32.4 Å². The van der Waals surface area contributed by atoms with Crippen LogP contribution in [0.2, 0.25) is 5.02 Å². The first-order valence-electron chi connectivity index (χ1n) is 8.74. The third kappa shape index (κ3) is 3.88. The van der Waals surface area contributed by atoms with Crippen LogP contribution in [0.25, 0.3) is 0 Å². The van der Waals surface area contributed by atoms with Crippen molar-refractivity contribution in [3.05, 3.63) is 34.9 Å². The first-order valence-corrected chi connectivity index (χ1v) is 10.9. The number of fused-ring (bicyclic) bond motifs is 1. The summed E-state index contributed by atoms with van der Waals surface area (Å²) in [4.78, 5) is 28.7. The number of rotatable bonds is 3. The molecule has 0 saturated carbocycles. The van der Waals surface area contributed by atoms with Crippen molar-refractivity contribution in [2.24, 2.45) is 5.92 Å². The minimum Gasteiger partial charge on any atom is -0.335 e. The lowest BCUT2D eigenvalue weighted by atomic mass is 10.0. The van der Waals surface area contributed by atoms with Gasteiger partial charge in [-0.1, -0.05) is 25.4 Å². The fourth-order valence-electron chi connectivity index (χ4n) is 3.74. The van der Waals surface area contributed by atoms with E-state index in [0.717, 1.165) is 0 Å². The number of benzene rings is 1. The van der Waals surface area contributed by atoms with Crippen molar-refractivity contribution >= 4 is 33.3 Å². The zero-order chi connectivity index (χ0) is 19.1. The topological polar surface area (TPSA) is 74.8 Å². The number of carbonyl (C=O) groups is 2. The van der Waals surface area contributed by atoms with Crippen LogP contribution in [0.15, 0.2) is 24.3 Å². The van der Waals surface area contributed by atoms with E-state index in [1.165, 1.54) is 0 Å². The van der Waals surface area contributed by atoms with Crippen LogP contribution in [0.4, 0.5) is 0 Å². The Morgan fingerprint density at radius 3 is 2.19 bits per heavy atom. The molecule has 2 saturated heterocycles. The third-order valence-electron chi connectivity index (χ3n) is 4.93. The maximum atomic E-state index is 12.9. The molecule has 0 unspecified atom stereocenters. The molecular weight excluding hydrogens is 376 g/mol. The predicted molar refractivity (Wildman–Crippen MR) is 99.9 cm³/mol. The molecule has 0 radical (unpaired) electrons. The Morgan fingerprint density at radius 2 is 1.62 bits per heavy atom. The molecule has 2 aliphatic heterocycles. The molecule has 6 nitrogen and oxygen atoms in total. The van der Waals surface area contributed by atoms with Gasteiger partial charge in [0.1, 0.15) is 0 Å². The summed E-state index contributed by atoms with van der Waals surface area (Å²) < 4.78 is 24.5. The summed E-state index contributed by atoms with van der Waals surface area (Å²) in [5.41, 5.74) is 0.472. The molecule has 0 bridgehead atoms. The van der Waals surface area contributed by atoms with E-state index < -0.39 is 21.9 Å². The number of sulfone groups is 1. The highest BCUT2D eigenvalue weighted by molar-refractivity contribution is 7.91. The molecule has 1 aromatic carbocycles. The largest absolute Gasteiger partial charge is 0.335 e. The van der Waals surface area contributed by atoms with Gasteiger partial charge in [0.05, 0.1) is 23.6 Å². The van der Waals surface area contributed by atoms with E-state index in [1.807, 2.05) is 13.8 Å². The lowest BCUT2D eigenvalue weighted by Crippen LogP contribution is -2.62. The molecule has 0 aliphatic carbocycles. The van der Waals surface area contributed by atoms with Gasteiger partial charge in [0.2, 0.25) is 5.91 Å². The van der Waals surface area contributed by atoms with Gasteiger partial charge in [-0.15, -0.1) is 0 Å². The molecule has 26 heavy (non-hydrogen) atoms. The molecular formula is C18H23ClN2O4S. The second-order valence-electron chi connectivity index (χ2n) is 7.40. The molecule has 8 heteroatoms. The minimum absolute atomic E-state index is 0.0364. The standard InChI is InChI=1S/C18H23ClN2O4S/c1-12(2)9-17(22)20-7-8-21(16-11-26(24,25)10-15(16)20)18(23)13-3-5-14(19)6-4-13/h3-6,12,15-16H,7-11H2,1-2H3/t15-,16+/m0/s1. The highest BCUT2D eigenvalue weighted by Gasteiger charge is 2.49. The summed E-state index contributed by atoms with van der Waals surface area (Å²) in [6.45, 7) is 4.62. The predicted octanol–water partition coefficient (Wildman–Crippen LogP) is 1.84. The summed E-state index contributed by atoms with van der Waals surface area (Å²) in [6.07, 6.45) is 0.383. The van der Waals surface area contributed by atoms with Crippen molar-refractivity contribution < 1.29 is 18.0 Å². The van der Waals surface area contributed by atoms with Gasteiger partial charge in [0.25, 0.3) is 5.91 Å². The molecule has 0 N–H and O–H groups in total. The lowest BCUT2D eigenvalue weighted by molar-refractivity contribution is -0.137. The van der Waals surface area contributed by atoms with Crippen molar-refractivity contribution in [3.63, 3.8) is 0 Å². The number of halogens is 1. The van der Waals surface area contributed by atoms with E-state index in [0.29, 0.717) is 30.1 Å². The highest BCUT2D eigenvalue weighted by atomic mass is 35.5. The Bertz CT molecular complexity index is 807. The van der Waals surface area contributed by atoms with Crippen LogP contribution in [0.1, 0.15) is 30.6 Å². The summed E-state index contributed by atoms with van der Waals surface area (Å²) in [5, 5.41) is 0.534. The molecule has 2 amide bonds. The molecule has 3 rings (SSSR count). The Morgan fingerprint density at radius 1 is 1.08 bits per heavy atom. The molecule has 142 valence electrons. The first-order chi connectivity index (χ1) is 12.2. The van der Waals surface area contributed by atoms with Crippen LogP contribution in [-0.4, -0.2) is 66.7 Å². The van der Waals surface area contributed by atoms with E-state index >= 15 is 0 Å². The van der Waals surface area contributed by atoms with Gasteiger partial charge < -0.3 is 9.80 Å². The van der Waals surface area contributed by atoms with Crippen molar-refractivity contribution in [1.29, 1.82) is 0 Å². The van der Waals surface area contributed by atoms with Crippen LogP contribution in [0.5, 0.6) is 0 Å². The number of hydrogen-bond donors (Lipinski definition) is 0. The van der Waals surface area contributed by atoms with Gasteiger partial charge in [-0.05, 0) is 30.2 Å². The maximum Gasteiger partial charge on any atom is 0.254 e. The Kier molecular flexibility index (Phi) is 5.30. The zero-order valence-corrected chi connectivity index (χ0v) is 16.5. The zero-order valence-electron chi connectivity index (χ0n) is 14.9. The molecule has 1 aromatic rings. The van der Waals surface area contributed by atoms with E-state index in [2.05, 4.69) is 0 Å². The quantitative estimate of drug-likeness (QED) is 0.778. The molecule has 2 fully saturated rings. The average Bonchev–Trinajstić information content (AvgIpc) is 2.88. The smallest absolute Gasteiger partial charge is 0.254 e. The highest BCUT2D eigenvalue weighted by Crippen LogP contribution is 2.29. The van der Waals surface area contributed by atoms with Gasteiger partial charge in [0, 0.05) is 30.1 Å². The Balaban J connectivity index is 1.85. The molecule has 0 spiro atoms. The Labute approximate surface area is 159 Å². The van der Waals surface area contributed by atoms with Crippen molar-refractivity contribution in [1.82, 2.24) is 9.80 Å². The van der Waals surface area contributed by atoms with Gasteiger partial charge in [-0.2, -0.15) is 0 Å². The van der Waals surface area contributed by atoms with E-state index in [1.54, 1.807) is 34.1 Å². The summed E-state index contributed by atoms with van der Waals surface area (Å²) >= 11 is 5.88. The Hall–Kier alpha value is -1.60. The number of piperazine rings is 1. The number of amides is 2. The molecule has 2 heterocycles. The van der Waals surface area contributed by atoms with Crippen LogP contribution in [-0.2, 0) is 14.6 Å². The number of hydrogen-bond acceptors (Lipinski definition) is 4. The minimum atomic E-state index is -3.29. The van der Waals surface area contributed by atoms with Crippen LogP contribution in [0, 0.1) is 5.92 Å². The number of carbonyl (C=O) groups excluding carboxylic acids is 2. The third-order valence-corrected chi connectivity index (χ3v) is 6.88. The second kappa shape index (κ2) is 7.19. The van der Waals surface area contributed by atoms with Crippen LogP contribution < -0.4 is 0 Å². The normalized spacial score (nSPS) is 24.6. The average molecular weight is 399 g/mol. The van der Waals surface area contributed by atoms with E-state index in [4.69, 9.17) is 11.6 Å². The molecule has 0 aromatic heterocycles. The lowest BCUT2D eigenvalue weighted by Gasteiger charge is -2.44. The van der Waals surface area contributed by atoms with Crippen molar-refractivity contribution in [2.75, 3.05) is 24.6 Å². The fraction of sp³-hybridized carbons (Fsp3) is 0.556. The first kappa shape index (κ1) is 19.2. The van der Waals surface area contributed by atoms with Gasteiger partial charge >= 0.3 is 0 Å². The summed E-state index contributed by atoms with van der Waals surface area (Å²) in [5.74, 6) is -0.225. The van der Waals surface area contributed by atoms with Gasteiger partial charge in [-0.25, -0.2) is 8.42 Å². The number of nitrogens with zero attached hydrogens (tertiary/aromatic N) is 2. The molecule has 2 aliphatic rings. The van der Waals surface area contributed by atoms with Crippen LogP contribution in [0.3, 0.4) is 0 Å². The second-order valence-corrected chi connectivity index (χ2v) is 9.99. The fourth-order valence-corrected chi connectivity index (χ4v) is 5.85. The summed E-state index contributed by atoms with van der Waals surface area (Å²) in [6, 6.07) is 5.60. The molecule has 2 atom stereocenters.